The Bertz CT molecular complexity index is 427. The minimum atomic E-state index is 0.425. The fourth-order valence-corrected chi connectivity index (χ4v) is 3.65. The average Bonchev–Trinajstić information content (AvgIpc) is 2.76. The van der Waals surface area contributed by atoms with E-state index in [-0.39, 0.29) is 0 Å². The van der Waals surface area contributed by atoms with Crippen molar-refractivity contribution in [1.29, 1.82) is 0 Å². The fourth-order valence-electron chi connectivity index (χ4n) is 3.65. The van der Waals surface area contributed by atoms with Gasteiger partial charge in [0.05, 0.1) is 6.61 Å². The summed E-state index contributed by atoms with van der Waals surface area (Å²) in [6.45, 7) is 10.8. The number of hydrogen-bond donors (Lipinski definition) is 1. The summed E-state index contributed by atoms with van der Waals surface area (Å²) < 4.78 is 5.66. The van der Waals surface area contributed by atoms with E-state index in [1.165, 1.54) is 24.8 Å². The van der Waals surface area contributed by atoms with Crippen LogP contribution in [0, 0.1) is 11.3 Å². The molecule has 0 radical (unpaired) electrons. The average molecular weight is 275 g/mol. The Kier molecular flexibility index (Phi) is 5.09. The molecule has 1 saturated carbocycles. The Balaban J connectivity index is 2.26. The summed E-state index contributed by atoms with van der Waals surface area (Å²) in [4.78, 5) is 0. The highest BCUT2D eigenvalue weighted by Crippen LogP contribution is 2.48. The second-order valence-electron chi connectivity index (χ2n) is 6.53. The molecule has 1 aliphatic rings. The van der Waals surface area contributed by atoms with Crippen LogP contribution >= 0.6 is 0 Å². The van der Waals surface area contributed by atoms with Crippen molar-refractivity contribution in [3.63, 3.8) is 0 Å². The molecule has 1 aromatic carbocycles. The number of ether oxygens (including phenoxy) is 1. The summed E-state index contributed by atoms with van der Waals surface area (Å²) in [5, 5.41) is 3.71. The van der Waals surface area contributed by atoms with Crippen LogP contribution in [0.15, 0.2) is 24.3 Å². The fraction of sp³-hybridized carbons (Fsp3) is 0.667. The zero-order valence-electron chi connectivity index (χ0n) is 13.4. The predicted molar refractivity (Wildman–Crippen MR) is 85.2 cm³/mol. The van der Waals surface area contributed by atoms with Gasteiger partial charge in [-0.25, -0.2) is 0 Å². The summed E-state index contributed by atoms with van der Waals surface area (Å²) in [5.74, 6) is 1.70. The first kappa shape index (κ1) is 15.4. The SMILES string of the molecule is CCNC(c1cccc(OCC)c1)C1CCCC1(C)C. The zero-order chi connectivity index (χ0) is 14.6. The van der Waals surface area contributed by atoms with Crippen LogP contribution in [0.2, 0.25) is 0 Å². The highest BCUT2D eigenvalue weighted by Gasteiger charge is 2.39. The molecule has 0 aliphatic heterocycles. The first-order valence-electron chi connectivity index (χ1n) is 8.04. The van der Waals surface area contributed by atoms with Gasteiger partial charge in [-0.2, -0.15) is 0 Å². The van der Waals surface area contributed by atoms with E-state index in [1.807, 2.05) is 6.92 Å². The van der Waals surface area contributed by atoms with Gasteiger partial charge in [0.2, 0.25) is 0 Å². The summed E-state index contributed by atoms with van der Waals surface area (Å²) in [5.41, 5.74) is 1.80. The third-order valence-corrected chi connectivity index (χ3v) is 4.69. The summed E-state index contributed by atoms with van der Waals surface area (Å²) in [7, 11) is 0. The topological polar surface area (TPSA) is 21.3 Å². The van der Waals surface area contributed by atoms with Crippen molar-refractivity contribution in [2.75, 3.05) is 13.2 Å². The van der Waals surface area contributed by atoms with E-state index in [0.29, 0.717) is 17.4 Å². The molecule has 112 valence electrons. The second-order valence-corrected chi connectivity index (χ2v) is 6.53. The molecule has 2 heteroatoms. The largest absolute Gasteiger partial charge is 0.494 e. The quantitative estimate of drug-likeness (QED) is 0.821. The maximum Gasteiger partial charge on any atom is 0.119 e. The molecule has 1 aromatic rings. The van der Waals surface area contributed by atoms with Crippen molar-refractivity contribution >= 4 is 0 Å². The first-order chi connectivity index (χ1) is 9.58. The van der Waals surface area contributed by atoms with Crippen molar-refractivity contribution < 1.29 is 4.74 Å². The molecule has 0 heterocycles. The molecule has 1 N–H and O–H groups in total. The lowest BCUT2D eigenvalue weighted by Crippen LogP contribution is -2.33. The Morgan fingerprint density at radius 1 is 1.35 bits per heavy atom. The van der Waals surface area contributed by atoms with Crippen molar-refractivity contribution in [1.82, 2.24) is 5.32 Å². The first-order valence-corrected chi connectivity index (χ1v) is 8.04. The van der Waals surface area contributed by atoms with Crippen LogP contribution < -0.4 is 10.1 Å². The highest BCUT2D eigenvalue weighted by molar-refractivity contribution is 5.31. The van der Waals surface area contributed by atoms with E-state index in [4.69, 9.17) is 4.74 Å². The van der Waals surface area contributed by atoms with Crippen LogP contribution in [0.25, 0.3) is 0 Å². The minimum Gasteiger partial charge on any atom is -0.494 e. The molecule has 2 atom stereocenters. The van der Waals surface area contributed by atoms with E-state index in [1.54, 1.807) is 0 Å². The number of benzene rings is 1. The third kappa shape index (κ3) is 3.35. The summed E-state index contributed by atoms with van der Waals surface area (Å²) in [6.07, 6.45) is 4.01. The van der Waals surface area contributed by atoms with Crippen LogP contribution in [0.3, 0.4) is 0 Å². The maximum atomic E-state index is 5.66. The third-order valence-electron chi connectivity index (χ3n) is 4.69. The molecule has 20 heavy (non-hydrogen) atoms. The smallest absolute Gasteiger partial charge is 0.119 e. The molecule has 2 rings (SSSR count). The predicted octanol–water partition coefficient (Wildman–Crippen LogP) is 4.56. The molecule has 0 amide bonds. The van der Waals surface area contributed by atoms with E-state index >= 15 is 0 Å². The lowest BCUT2D eigenvalue weighted by atomic mass is 9.75. The van der Waals surface area contributed by atoms with Crippen molar-refractivity contribution in [2.24, 2.45) is 11.3 Å². The second kappa shape index (κ2) is 6.62. The van der Waals surface area contributed by atoms with Gasteiger partial charge in [-0.05, 0) is 55.3 Å². The molecule has 1 aliphatic carbocycles. The van der Waals surface area contributed by atoms with Crippen LogP contribution in [0.5, 0.6) is 5.75 Å². The van der Waals surface area contributed by atoms with Gasteiger partial charge >= 0.3 is 0 Å². The number of hydrogen-bond acceptors (Lipinski definition) is 2. The van der Waals surface area contributed by atoms with Crippen LogP contribution in [0.4, 0.5) is 0 Å². The molecule has 0 aromatic heterocycles. The Morgan fingerprint density at radius 3 is 2.75 bits per heavy atom. The lowest BCUT2D eigenvalue weighted by molar-refractivity contribution is 0.199. The Hall–Kier alpha value is -1.02. The van der Waals surface area contributed by atoms with Crippen LogP contribution in [0.1, 0.15) is 58.6 Å². The van der Waals surface area contributed by atoms with E-state index in [2.05, 4.69) is 50.4 Å². The zero-order valence-corrected chi connectivity index (χ0v) is 13.4. The van der Waals surface area contributed by atoms with Crippen molar-refractivity contribution in [2.45, 2.75) is 53.0 Å². The van der Waals surface area contributed by atoms with Gasteiger partial charge < -0.3 is 10.1 Å². The van der Waals surface area contributed by atoms with Crippen LogP contribution in [-0.2, 0) is 0 Å². The van der Waals surface area contributed by atoms with Gasteiger partial charge in [-0.15, -0.1) is 0 Å². The van der Waals surface area contributed by atoms with E-state index in [9.17, 15) is 0 Å². The van der Waals surface area contributed by atoms with Gasteiger partial charge in [0.1, 0.15) is 5.75 Å². The van der Waals surface area contributed by atoms with Crippen molar-refractivity contribution in [3.8, 4) is 5.75 Å². The molecule has 2 unspecified atom stereocenters. The molecule has 0 bridgehead atoms. The Morgan fingerprint density at radius 2 is 2.15 bits per heavy atom. The molecular weight excluding hydrogens is 246 g/mol. The summed E-state index contributed by atoms with van der Waals surface area (Å²) in [6, 6.07) is 9.07. The van der Waals surface area contributed by atoms with E-state index in [0.717, 1.165) is 18.9 Å². The molecule has 2 nitrogen and oxygen atoms in total. The monoisotopic (exact) mass is 275 g/mol. The lowest BCUT2D eigenvalue weighted by Gasteiger charge is -2.35. The van der Waals surface area contributed by atoms with Gasteiger partial charge in [0.15, 0.2) is 0 Å². The van der Waals surface area contributed by atoms with E-state index < -0.39 is 0 Å². The molecular formula is C18H29NO. The minimum absolute atomic E-state index is 0.425. The maximum absolute atomic E-state index is 5.66. The van der Waals surface area contributed by atoms with Gasteiger partial charge in [0, 0.05) is 6.04 Å². The molecule has 0 spiro atoms. The van der Waals surface area contributed by atoms with Gasteiger partial charge in [0.25, 0.3) is 0 Å². The molecule has 1 fully saturated rings. The van der Waals surface area contributed by atoms with Gasteiger partial charge in [-0.3, -0.25) is 0 Å². The Labute approximate surface area is 123 Å². The standard InChI is InChI=1S/C18H29NO/c1-5-19-17(16-11-8-12-18(16,3)4)14-9-7-10-15(13-14)20-6-2/h7,9-10,13,16-17,19H,5-6,8,11-12H2,1-4H3. The normalized spacial score (nSPS) is 22.7. The number of rotatable bonds is 6. The summed E-state index contributed by atoms with van der Waals surface area (Å²) >= 11 is 0. The number of nitrogens with one attached hydrogen (secondary N) is 1. The van der Waals surface area contributed by atoms with Gasteiger partial charge in [-0.1, -0.05) is 39.3 Å². The molecule has 0 saturated heterocycles. The van der Waals surface area contributed by atoms with Crippen LogP contribution in [-0.4, -0.2) is 13.2 Å². The highest BCUT2D eigenvalue weighted by atomic mass is 16.5. The van der Waals surface area contributed by atoms with Crippen molar-refractivity contribution in [3.05, 3.63) is 29.8 Å².